The van der Waals surface area contributed by atoms with Gasteiger partial charge in [-0.05, 0) is 38.8 Å². The van der Waals surface area contributed by atoms with Crippen LogP contribution in [0.2, 0.25) is 0 Å². The Morgan fingerprint density at radius 3 is 2.92 bits per heavy atom. The number of aliphatic hydroxyl groups is 1. The molecule has 1 saturated heterocycles. The van der Waals surface area contributed by atoms with E-state index < -0.39 is 5.60 Å². The largest absolute Gasteiger partial charge is 0.386 e. The highest BCUT2D eigenvalue weighted by Gasteiger charge is 2.34. The van der Waals surface area contributed by atoms with Gasteiger partial charge in [-0.1, -0.05) is 6.07 Å². The summed E-state index contributed by atoms with van der Waals surface area (Å²) in [5, 5.41) is 13.7. The lowest BCUT2D eigenvalue weighted by molar-refractivity contribution is 0.0254. The molecule has 0 aromatic carbocycles. The zero-order chi connectivity index (χ0) is 17.9. The topological polar surface area (TPSA) is 91.2 Å². The molecule has 1 aliphatic heterocycles. The Bertz CT molecular complexity index is 752. The monoisotopic (exact) mass is 341 g/mol. The minimum Gasteiger partial charge on any atom is -0.386 e. The van der Waals surface area contributed by atoms with Crippen LogP contribution in [0.5, 0.6) is 0 Å². The highest BCUT2D eigenvalue weighted by Crippen LogP contribution is 2.24. The molecule has 0 bridgehead atoms. The summed E-state index contributed by atoms with van der Waals surface area (Å²) in [6, 6.07) is 5.72. The molecule has 7 nitrogen and oxygen atoms in total. The third-order valence-corrected chi connectivity index (χ3v) is 4.45. The number of piperidine rings is 1. The fraction of sp³-hybridized carbons (Fsp3) is 0.444. The van der Waals surface area contributed by atoms with Crippen LogP contribution in [-0.4, -0.2) is 51.2 Å². The van der Waals surface area contributed by atoms with Crippen LogP contribution in [0, 0.1) is 13.8 Å². The number of hydrogen-bond donors (Lipinski definition) is 2. The molecule has 2 aromatic rings. The van der Waals surface area contributed by atoms with Gasteiger partial charge in [0.1, 0.15) is 11.6 Å². The number of carbonyl (C=O) groups is 1. The first-order valence-corrected chi connectivity index (χ1v) is 8.44. The van der Waals surface area contributed by atoms with E-state index in [1.54, 1.807) is 20.0 Å². The van der Waals surface area contributed by atoms with E-state index >= 15 is 0 Å². The molecule has 2 aromatic heterocycles. The molecular weight excluding hydrogens is 318 g/mol. The van der Waals surface area contributed by atoms with Crippen LogP contribution in [0.1, 0.15) is 34.7 Å². The van der Waals surface area contributed by atoms with Gasteiger partial charge < -0.3 is 15.3 Å². The number of pyridine rings is 1. The molecule has 3 heterocycles. The van der Waals surface area contributed by atoms with Gasteiger partial charge in [-0.2, -0.15) is 0 Å². The van der Waals surface area contributed by atoms with E-state index in [1.807, 2.05) is 18.2 Å². The molecule has 2 N–H and O–H groups in total. The van der Waals surface area contributed by atoms with Gasteiger partial charge in [-0.15, -0.1) is 0 Å². The van der Waals surface area contributed by atoms with Crippen LogP contribution in [0.4, 0.5) is 5.82 Å². The van der Waals surface area contributed by atoms with Gasteiger partial charge in [-0.3, -0.25) is 4.79 Å². The molecule has 7 heteroatoms. The van der Waals surface area contributed by atoms with Crippen LogP contribution in [0.25, 0.3) is 0 Å². The molecule has 1 amide bonds. The van der Waals surface area contributed by atoms with Gasteiger partial charge in [0, 0.05) is 32.0 Å². The minimum absolute atomic E-state index is 0.183. The van der Waals surface area contributed by atoms with E-state index in [0.29, 0.717) is 30.0 Å². The van der Waals surface area contributed by atoms with E-state index in [1.165, 1.54) is 6.20 Å². The summed E-state index contributed by atoms with van der Waals surface area (Å²) < 4.78 is 0. The molecule has 25 heavy (non-hydrogen) atoms. The minimum atomic E-state index is -0.981. The van der Waals surface area contributed by atoms with Crippen molar-refractivity contribution in [1.82, 2.24) is 20.3 Å². The molecule has 1 fully saturated rings. The number of aryl methyl sites for hydroxylation is 2. The predicted molar refractivity (Wildman–Crippen MR) is 94.5 cm³/mol. The smallest absolute Gasteiger partial charge is 0.254 e. The van der Waals surface area contributed by atoms with Crippen molar-refractivity contribution in [2.24, 2.45) is 0 Å². The number of anilines is 1. The van der Waals surface area contributed by atoms with Crippen molar-refractivity contribution in [1.29, 1.82) is 0 Å². The summed E-state index contributed by atoms with van der Waals surface area (Å²) in [6.07, 6.45) is 4.75. The molecular formula is C18H23N5O2. The molecule has 0 saturated carbocycles. The number of rotatable bonds is 4. The molecule has 1 atom stereocenters. The predicted octanol–water partition coefficient (Wildman–Crippen LogP) is 1.25. The molecule has 3 rings (SSSR count). The first kappa shape index (κ1) is 17.3. The van der Waals surface area contributed by atoms with Crippen molar-refractivity contribution in [3.8, 4) is 0 Å². The fourth-order valence-electron chi connectivity index (χ4n) is 3.14. The van der Waals surface area contributed by atoms with Crippen molar-refractivity contribution in [3.63, 3.8) is 0 Å². The number of β-amino-alcohol motifs (C(OH)–C–C–N with tert-alkyl or cyclic N) is 1. The standard InChI is InChI=1S/C18H23N5O2/c1-13-15(10-20-14(2)22-13)17(24)21-11-18(25)7-5-9-23(12-18)16-6-3-4-8-19-16/h3-4,6,8,10,25H,5,7,9,11-12H2,1-2H3,(H,21,24)/t18-/m1/s1. The van der Waals surface area contributed by atoms with Crippen molar-refractivity contribution in [2.45, 2.75) is 32.3 Å². The first-order chi connectivity index (χ1) is 12.0. The van der Waals surface area contributed by atoms with Gasteiger partial charge in [0.2, 0.25) is 0 Å². The third-order valence-electron chi connectivity index (χ3n) is 4.45. The van der Waals surface area contributed by atoms with E-state index in [2.05, 4.69) is 25.2 Å². The van der Waals surface area contributed by atoms with Gasteiger partial charge in [-0.25, -0.2) is 15.0 Å². The maximum absolute atomic E-state index is 12.4. The average molecular weight is 341 g/mol. The Hall–Kier alpha value is -2.54. The number of carbonyl (C=O) groups excluding carboxylic acids is 1. The fourth-order valence-corrected chi connectivity index (χ4v) is 3.14. The summed E-state index contributed by atoms with van der Waals surface area (Å²) in [5.41, 5.74) is 0.0903. The maximum Gasteiger partial charge on any atom is 0.254 e. The van der Waals surface area contributed by atoms with Crippen molar-refractivity contribution in [3.05, 3.63) is 47.7 Å². The maximum atomic E-state index is 12.4. The second-order valence-corrected chi connectivity index (χ2v) is 6.54. The summed E-state index contributed by atoms with van der Waals surface area (Å²) in [6.45, 7) is 5.03. The van der Waals surface area contributed by atoms with Crippen molar-refractivity contribution in [2.75, 3.05) is 24.5 Å². The first-order valence-electron chi connectivity index (χ1n) is 8.44. The van der Waals surface area contributed by atoms with Crippen LogP contribution in [0.3, 0.4) is 0 Å². The zero-order valence-corrected chi connectivity index (χ0v) is 14.6. The van der Waals surface area contributed by atoms with Gasteiger partial charge in [0.25, 0.3) is 5.91 Å². The van der Waals surface area contributed by atoms with Crippen LogP contribution in [-0.2, 0) is 0 Å². The Morgan fingerprint density at radius 2 is 2.20 bits per heavy atom. The summed E-state index contributed by atoms with van der Waals surface area (Å²) in [4.78, 5) is 27.1. The molecule has 132 valence electrons. The normalized spacial score (nSPS) is 20.4. The number of amides is 1. The van der Waals surface area contributed by atoms with E-state index in [-0.39, 0.29) is 12.5 Å². The quantitative estimate of drug-likeness (QED) is 0.870. The average Bonchev–Trinajstić information content (AvgIpc) is 2.61. The number of nitrogens with one attached hydrogen (secondary N) is 1. The van der Waals surface area contributed by atoms with Gasteiger partial charge in [0.05, 0.1) is 16.9 Å². The Kier molecular flexibility index (Phi) is 4.94. The third kappa shape index (κ3) is 4.11. The van der Waals surface area contributed by atoms with Gasteiger partial charge >= 0.3 is 0 Å². The molecule has 1 aliphatic rings. The SMILES string of the molecule is Cc1ncc(C(=O)NC[C@]2(O)CCCN(c3ccccn3)C2)c(C)n1. The van der Waals surface area contributed by atoms with Crippen LogP contribution in [0.15, 0.2) is 30.6 Å². The molecule has 0 radical (unpaired) electrons. The second kappa shape index (κ2) is 7.14. The zero-order valence-electron chi connectivity index (χ0n) is 14.6. The van der Waals surface area contributed by atoms with Crippen molar-refractivity contribution >= 4 is 11.7 Å². The van der Waals surface area contributed by atoms with Crippen molar-refractivity contribution < 1.29 is 9.90 Å². The molecule has 0 aliphatic carbocycles. The molecule has 0 unspecified atom stereocenters. The van der Waals surface area contributed by atoms with Crippen LogP contribution >= 0.6 is 0 Å². The number of nitrogens with zero attached hydrogens (tertiary/aromatic N) is 4. The summed E-state index contributed by atoms with van der Waals surface area (Å²) >= 11 is 0. The number of hydrogen-bond acceptors (Lipinski definition) is 6. The van der Waals surface area contributed by atoms with E-state index in [0.717, 1.165) is 18.8 Å². The Labute approximate surface area is 147 Å². The lowest BCUT2D eigenvalue weighted by atomic mass is 9.92. The second-order valence-electron chi connectivity index (χ2n) is 6.54. The lowest BCUT2D eigenvalue weighted by Crippen LogP contribution is -2.54. The molecule has 0 spiro atoms. The van der Waals surface area contributed by atoms with Crippen LogP contribution < -0.4 is 10.2 Å². The lowest BCUT2D eigenvalue weighted by Gasteiger charge is -2.39. The highest BCUT2D eigenvalue weighted by molar-refractivity contribution is 5.94. The summed E-state index contributed by atoms with van der Waals surface area (Å²) in [5.74, 6) is 1.21. The van der Waals surface area contributed by atoms with Gasteiger partial charge in [0.15, 0.2) is 0 Å². The Balaban J connectivity index is 1.64. The van der Waals surface area contributed by atoms with E-state index in [4.69, 9.17) is 0 Å². The van der Waals surface area contributed by atoms with E-state index in [9.17, 15) is 9.90 Å². The number of aromatic nitrogens is 3. The highest BCUT2D eigenvalue weighted by atomic mass is 16.3. The Morgan fingerprint density at radius 1 is 1.36 bits per heavy atom. The summed E-state index contributed by atoms with van der Waals surface area (Å²) in [7, 11) is 0.